The first-order valence-electron chi connectivity index (χ1n) is 7.58. The number of benzene rings is 1. The lowest BCUT2D eigenvalue weighted by molar-refractivity contribution is 0.0687. The first-order chi connectivity index (χ1) is 10.7. The van der Waals surface area contributed by atoms with Gasteiger partial charge in [0.15, 0.2) is 11.5 Å². The Morgan fingerprint density at radius 3 is 2.59 bits per heavy atom. The van der Waals surface area contributed by atoms with Crippen LogP contribution in [0.1, 0.15) is 30.3 Å². The predicted molar refractivity (Wildman–Crippen MR) is 82.8 cm³/mol. The monoisotopic (exact) mass is 300 g/mol. The summed E-state index contributed by atoms with van der Waals surface area (Å²) < 4.78 is 10.4. The Balaban J connectivity index is 1.73. The number of hydrogen-bond acceptors (Lipinski definition) is 4. The number of rotatable bonds is 3. The maximum absolute atomic E-state index is 12.4. The number of carbonyl (C=O) groups excluding carboxylic acids is 1. The summed E-state index contributed by atoms with van der Waals surface area (Å²) in [5.74, 6) is 2.02. The highest BCUT2D eigenvalue weighted by Gasteiger charge is 2.24. The van der Waals surface area contributed by atoms with E-state index in [4.69, 9.17) is 9.26 Å². The first-order valence-corrected chi connectivity index (χ1v) is 7.58. The Labute approximate surface area is 129 Å². The van der Waals surface area contributed by atoms with Crippen LogP contribution in [0.5, 0.6) is 5.75 Å². The number of nitrogens with zero attached hydrogens (tertiary/aromatic N) is 2. The lowest BCUT2D eigenvalue weighted by Gasteiger charge is -2.29. The van der Waals surface area contributed by atoms with Gasteiger partial charge in [0, 0.05) is 24.7 Å². The summed E-state index contributed by atoms with van der Waals surface area (Å²) in [5, 5.41) is 3.93. The first kappa shape index (κ1) is 14.6. The van der Waals surface area contributed by atoms with E-state index in [-0.39, 0.29) is 5.91 Å². The number of ether oxygens (including phenoxy) is 1. The summed E-state index contributed by atoms with van der Waals surface area (Å²) in [6.07, 6.45) is 2.10. The molecule has 0 aliphatic carbocycles. The van der Waals surface area contributed by atoms with E-state index in [1.54, 1.807) is 13.2 Å². The third-order valence-electron chi connectivity index (χ3n) is 4.17. The Morgan fingerprint density at radius 1 is 1.27 bits per heavy atom. The van der Waals surface area contributed by atoms with Crippen molar-refractivity contribution in [1.82, 2.24) is 10.1 Å². The van der Waals surface area contributed by atoms with E-state index in [0.29, 0.717) is 17.4 Å². The summed E-state index contributed by atoms with van der Waals surface area (Å²) in [6.45, 7) is 3.81. The second kappa shape index (κ2) is 6.22. The van der Waals surface area contributed by atoms with Gasteiger partial charge in [-0.3, -0.25) is 4.79 Å². The van der Waals surface area contributed by atoms with Crippen LogP contribution in [0.25, 0.3) is 11.3 Å². The van der Waals surface area contributed by atoms with Crippen LogP contribution < -0.4 is 4.74 Å². The summed E-state index contributed by atoms with van der Waals surface area (Å²) in [6, 6.07) is 9.19. The minimum absolute atomic E-state index is 0.0459. The average Bonchev–Trinajstić information content (AvgIpc) is 3.05. The molecule has 0 spiro atoms. The minimum Gasteiger partial charge on any atom is -0.497 e. The highest BCUT2D eigenvalue weighted by molar-refractivity contribution is 5.93. The molecule has 0 saturated carbocycles. The molecule has 0 N–H and O–H groups in total. The largest absolute Gasteiger partial charge is 0.497 e. The summed E-state index contributed by atoms with van der Waals surface area (Å²) in [4.78, 5) is 14.3. The van der Waals surface area contributed by atoms with Gasteiger partial charge in [0.1, 0.15) is 5.75 Å². The third-order valence-corrected chi connectivity index (χ3v) is 4.17. The Hall–Kier alpha value is -2.30. The standard InChI is InChI=1S/C17H20N2O3/c1-12-7-9-19(10-8-12)17(20)15-11-16(22-18-15)13-3-5-14(21-2)6-4-13/h3-6,11-12H,7-10H2,1-2H3. The fourth-order valence-corrected chi connectivity index (χ4v) is 2.64. The molecule has 116 valence electrons. The number of hydrogen-bond donors (Lipinski definition) is 0. The molecule has 1 fully saturated rings. The number of methoxy groups -OCH3 is 1. The van der Waals surface area contributed by atoms with Crippen LogP contribution in [0.3, 0.4) is 0 Å². The second-order valence-electron chi connectivity index (χ2n) is 5.78. The molecule has 1 aliphatic heterocycles. The van der Waals surface area contributed by atoms with Crippen LogP contribution in [-0.4, -0.2) is 36.2 Å². The van der Waals surface area contributed by atoms with Crippen LogP contribution >= 0.6 is 0 Å². The molecule has 1 aromatic carbocycles. The Kier molecular flexibility index (Phi) is 4.13. The Morgan fingerprint density at radius 2 is 1.95 bits per heavy atom. The molecule has 1 saturated heterocycles. The molecule has 0 unspecified atom stereocenters. The number of amides is 1. The zero-order chi connectivity index (χ0) is 15.5. The van der Waals surface area contributed by atoms with Crippen molar-refractivity contribution in [3.8, 4) is 17.1 Å². The zero-order valence-electron chi connectivity index (χ0n) is 12.9. The molecule has 5 heteroatoms. The fraction of sp³-hybridized carbons (Fsp3) is 0.412. The number of piperidine rings is 1. The molecule has 2 heterocycles. The van der Waals surface area contributed by atoms with Crippen LogP contribution in [0, 0.1) is 5.92 Å². The Bertz CT molecular complexity index is 640. The van der Waals surface area contributed by atoms with Crippen molar-refractivity contribution in [3.05, 3.63) is 36.0 Å². The molecule has 1 aromatic heterocycles. The molecule has 3 rings (SSSR count). The van der Waals surface area contributed by atoms with Gasteiger partial charge in [-0.2, -0.15) is 0 Å². The summed E-state index contributed by atoms with van der Waals surface area (Å²) in [5.41, 5.74) is 1.25. The van der Waals surface area contributed by atoms with E-state index in [1.165, 1.54) is 0 Å². The van der Waals surface area contributed by atoms with Gasteiger partial charge >= 0.3 is 0 Å². The van der Waals surface area contributed by atoms with E-state index in [0.717, 1.165) is 37.2 Å². The second-order valence-corrected chi connectivity index (χ2v) is 5.78. The van der Waals surface area contributed by atoms with Gasteiger partial charge in [-0.25, -0.2) is 0 Å². The van der Waals surface area contributed by atoms with Gasteiger partial charge in [0.05, 0.1) is 7.11 Å². The lowest BCUT2D eigenvalue weighted by Crippen LogP contribution is -2.38. The molecular formula is C17H20N2O3. The average molecular weight is 300 g/mol. The molecule has 0 radical (unpaired) electrons. The molecule has 0 atom stereocenters. The van der Waals surface area contributed by atoms with Gasteiger partial charge in [-0.15, -0.1) is 0 Å². The van der Waals surface area contributed by atoms with E-state index in [9.17, 15) is 4.79 Å². The number of likely N-dealkylation sites (tertiary alicyclic amines) is 1. The van der Waals surface area contributed by atoms with E-state index in [1.807, 2.05) is 29.2 Å². The number of carbonyl (C=O) groups is 1. The van der Waals surface area contributed by atoms with Crippen molar-refractivity contribution in [3.63, 3.8) is 0 Å². The highest BCUT2D eigenvalue weighted by Crippen LogP contribution is 2.24. The lowest BCUT2D eigenvalue weighted by atomic mass is 9.99. The van der Waals surface area contributed by atoms with Crippen LogP contribution in [0.4, 0.5) is 0 Å². The van der Waals surface area contributed by atoms with Crippen molar-refractivity contribution < 1.29 is 14.1 Å². The normalized spacial score (nSPS) is 15.8. The van der Waals surface area contributed by atoms with Crippen molar-refractivity contribution >= 4 is 5.91 Å². The van der Waals surface area contributed by atoms with E-state index >= 15 is 0 Å². The van der Waals surface area contributed by atoms with Crippen LogP contribution in [0.2, 0.25) is 0 Å². The third kappa shape index (κ3) is 2.98. The zero-order valence-corrected chi connectivity index (χ0v) is 12.9. The molecule has 0 bridgehead atoms. The summed E-state index contributed by atoms with van der Waals surface area (Å²) >= 11 is 0. The topological polar surface area (TPSA) is 55.6 Å². The molecular weight excluding hydrogens is 280 g/mol. The van der Waals surface area contributed by atoms with Gasteiger partial charge in [0.2, 0.25) is 0 Å². The van der Waals surface area contributed by atoms with Gasteiger partial charge in [0.25, 0.3) is 5.91 Å². The van der Waals surface area contributed by atoms with Crippen molar-refractivity contribution in [2.75, 3.05) is 20.2 Å². The number of aromatic nitrogens is 1. The quantitative estimate of drug-likeness (QED) is 0.873. The van der Waals surface area contributed by atoms with Crippen molar-refractivity contribution in [2.45, 2.75) is 19.8 Å². The maximum Gasteiger partial charge on any atom is 0.276 e. The molecule has 5 nitrogen and oxygen atoms in total. The van der Waals surface area contributed by atoms with Gasteiger partial charge < -0.3 is 14.2 Å². The van der Waals surface area contributed by atoms with E-state index < -0.39 is 0 Å². The van der Waals surface area contributed by atoms with Gasteiger partial charge in [-0.1, -0.05) is 12.1 Å². The van der Waals surface area contributed by atoms with Gasteiger partial charge in [-0.05, 0) is 43.0 Å². The van der Waals surface area contributed by atoms with E-state index in [2.05, 4.69) is 12.1 Å². The molecule has 2 aromatic rings. The van der Waals surface area contributed by atoms with Crippen molar-refractivity contribution in [2.24, 2.45) is 5.92 Å². The smallest absolute Gasteiger partial charge is 0.276 e. The molecule has 22 heavy (non-hydrogen) atoms. The van der Waals surface area contributed by atoms with Crippen LogP contribution in [0.15, 0.2) is 34.9 Å². The fourth-order valence-electron chi connectivity index (χ4n) is 2.64. The van der Waals surface area contributed by atoms with Crippen LogP contribution in [-0.2, 0) is 0 Å². The summed E-state index contributed by atoms with van der Waals surface area (Å²) in [7, 11) is 1.62. The molecule has 1 amide bonds. The SMILES string of the molecule is COc1ccc(-c2cc(C(=O)N3CCC(C)CC3)no2)cc1. The maximum atomic E-state index is 12.4. The minimum atomic E-state index is -0.0459. The molecule has 1 aliphatic rings. The van der Waals surface area contributed by atoms with Crippen molar-refractivity contribution in [1.29, 1.82) is 0 Å². The highest BCUT2D eigenvalue weighted by atomic mass is 16.5. The predicted octanol–water partition coefficient (Wildman–Crippen LogP) is 3.22.